The van der Waals surface area contributed by atoms with Crippen LogP contribution in [0.4, 0.5) is 5.82 Å². The number of hydrogen-bond donors (Lipinski definition) is 1. The van der Waals surface area contributed by atoms with E-state index in [0.29, 0.717) is 5.92 Å². The first-order chi connectivity index (χ1) is 8.79. The summed E-state index contributed by atoms with van der Waals surface area (Å²) < 4.78 is 5.38. The second-order valence-corrected chi connectivity index (χ2v) is 4.83. The predicted molar refractivity (Wildman–Crippen MR) is 71.6 cm³/mol. The summed E-state index contributed by atoms with van der Waals surface area (Å²) in [5.74, 6) is 1.66. The van der Waals surface area contributed by atoms with Crippen molar-refractivity contribution in [3.63, 3.8) is 0 Å². The molecule has 18 heavy (non-hydrogen) atoms. The molecule has 0 aromatic carbocycles. The van der Waals surface area contributed by atoms with Crippen LogP contribution in [0.5, 0.6) is 0 Å². The lowest BCUT2D eigenvalue weighted by Crippen LogP contribution is -2.30. The van der Waals surface area contributed by atoms with Gasteiger partial charge in [-0.2, -0.15) is 0 Å². The average molecular weight is 250 g/mol. The second-order valence-electron chi connectivity index (χ2n) is 4.83. The number of rotatable bonds is 5. The van der Waals surface area contributed by atoms with Crippen LogP contribution in [0.1, 0.15) is 18.5 Å². The van der Waals surface area contributed by atoms with Crippen LogP contribution in [0.15, 0.2) is 12.4 Å². The largest absolute Gasteiger partial charge is 0.381 e. The zero-order valence-electron chi connectivity index (χ0n) is 11.2. The Labute approximate surface area is 109 Å². The van der Waals surface area contributed by atoms with E-state index in [1.165, 1.54) is 0 Å². The molecule has 1 aliphatic rings. The van der Waals surface area contributed by atoms with E-state index in [1.807, 2.05) is 19.4 Å². The molecular weight excluding hydrogens is 228 g/mol. The lowest BCUT2D eigenvalue weighted by molar-refractivity contribution is 0.0685. The standard InChI is InChI=1S/C13H22N4O/c1-14-7-12-8-16-13(9-15-12)17(2)10-11-3-5-18-6-4-11/h8-9,11,14H,3-7,10H2,1-2H3. The molecule has 0 atom stereocenters. The van der Waals surface area contributed by atoms with Gasteiger partial charge < -0.3 is 15.0 Å². The van der Waals surface area contributed by atoms with Gasteiger partial charge >= 0.3 is 0 Å². The molecule has 5 heteroatoms. The SMILES string of the molecule is CNCc1cnc(N(C)CC2CCOCC2)cn1. The molecule has 5 nitrogen and oxygen atoms in total. The summed E-state index contributed by atoms with van der Waals surface area (Å²) in [6.07, 6.45) is 5.99. The summed E-state index contributed by atoms with van der Waals surface area (Å²) in [5, 5.41) is 3.07. The first-order valence-electron chi connectivity index (χ1n) is 6.54. The smallest absolute Gasteiger partial charge is 0.146 e. The number of nitrogens with one attached hydrogen (secondary N) is 1. The minimum atomic E-state index is 0.711. The molecule has 1 saturated heterocycles. The van der Waals surface area contributed by atoms with Gasteiger partial charge in [-0.3, -0.25) is 4.98 Å². The fourth-order valence-corrected chi connectivity index (χ4v) is 2.23. The normalized spacial score (nSPS) is 16.8. The van der Waals surface area contributed by atoms with Gasteiger partial charge in [0.2, 0.25) is 0 Å². The Morgan fingerprint density at radius 1 is 1.33 bits per heavy atom. The van der Waals surface area contributed by atoms with Crippen molar-refractivity contribution in [1.29, 1.82) is 0 Å². The highest BCUT2D eigenvalue weighted by Gasteiger charge is 2.16. The van der Waals surface area contributed by atoms with Crippen molar-refractivity contribution in [2.24, 2.45) is 5.92 Å². The van der Waals surface area contributed by atoms with Crippen LogP contribution in [0.2, 0.25) is 0 Å². The van der Waals surface area contributed by atoms with Gasteiger partial charge in [0, 0.05) is 33.4 Å². The van der Waals surface area contributed by atoms with Crippen molar-refractivity contribution < 1.29 is 4.74 Å². The van der Waals surface area contributed by atoms with E-state index in [9.17, 15) is 0 Å². The maximum Gasteiger partial charge on any atom is 0.146 e. The quantitative estimate of drug-likeness (QED) is 0.847. The third kappa shape index (κ3) is 3.65. The topological polar surface area (TPSA) is 50.3 Å². The zero-order valence-corrected chi connectivity index (χ0v) is 11.2. The fourth-order valence-electron chi connectivity index (χ4n) is 2.23. The third-order valence-corrected chi connectivity index (χ3v) is 3.31. The summed E-state index contributed by atoms with van der Waals surface area (Å²) in [6.45, 7) is 3.58. The van der Waals surface area contributed by atoms with E-state index in [1.54, 1.807) is 0 Å². The molecule has 1 aromatic rings. The second kappa shape index (κ2) is 6.66. The Kier molecular flexibility index (Phi) is 4.90. The van der Waals surface area contributed by atoms with E-state index >= 15 is 0 Å². The Balaban J connectivity index is 1.89. The maximum absolute atomic E-state index is 5.38. The van der Waals surface area contributed by atoms with Gasteiger partial charge in [-0.05, 0) is 25.8 Å². The van der Waals surface area contributed by atoms with Crippen LogP contribution in [0.25, 0.3) is 0 Å². The van der Waals surface area contributed by atoms with E-state index in [4.69, 9.17) is 4.74 Å². The van der Waals surface area contributed by atoms with E-state index in [0.717, 1.165) is 50.7 Å². The Bertz CT molecular complexity index is 349. The molecule has 0 aliphatic carbocycles. The Morgan fingerprint density at radius 3 is 2.72 bits per heavy atom. The summed E-state index contributed by atoms with van der Waals surface area (Å²) >= 11 is 0. The van der Waals surface area contributed by atoms with Crippen LogP contribution in [-0.2, 0) is 11.3 Å². The van der Waals surface area contributed by atoms with Crippen molar-refractivity contribution >= 4 is 5.82 Å². The molecule has 0 saturated carbocycles. The minimum Gasteiger partial charge on any atom is -0.381 e. The molecule has 0 radical (unpaired) electrons. The minimum absolute atomic E-state index is 0.711. The molecule has 100 valence electrons. The van der Waals surface area contributed by atoms with Gasteiger partial charge in [0.1, 0.15) is 5.82 Å². The molecule has 1 aliphatic heterocycles. The molecular formula is C13H22N4O. The molecule has 0 unspecified atom stereocenters. The van der Waals surface area contributed by atoms with Gasteiger partial charge in [-0.25, -0.2) is 4.98 Å². The summed E-state index contributed by atoms with van der Waals surface area (Å²) in [7, 11) is 3.99. The van der Waals surface area contributed by atoms with Gasteiger partial charge in [-0.15, -0.1) is 0 Å². The molecule has 0 bridgehead atoms. The van der Waals surface area contributed by atoms with E-state index in [2.05, 4.69) is 27.2 Å². The van der Waals surface area contributed by atoms with Gasteiger partial charge in [0.25, 0.3) is 0 Å². The average Bonchev–Trinajstić information content (AvgIpc) is 2.41. The molecule has 0 amide bonds. The van der Waals surface area contributed by atoms with Crippen molar-refractivity contribution in [3.05, 3.63) is 18.1 Å². The first kappa shape index (κ1) is 13.2. The van der Waals surface area contributed by atoms with Crippen LogP contribution < -0.4 is 10.2 Å². The monoisotopic (exact) mass is 250 g/mol. The highest BCUT2D eigenvalue weighted by Crippen LogP contribution is 2.18. The number of nitrogens with zero attached hydrogens (tertiary/aromatic N) is 3. The highest BCUT2D eigenvalue weighted by atomic mass is 16.5. The summed E-state index contributed by atoms with van der Waals surface area (Å²) in [5.41, 5.74) is 0.973. The Hall–Kier alpha value is -1.20. The molecule has 2 heterocycles. The molecule has 2 rings (SSSR count). The zero-order chi connectivity index (χ0) is 12.8. The summed E-state index contributed by atoms with van der Waals surface area (Å²) in [4.78, 5) is 11.0. The molecule has 0 spiro atoms. The van der Waals surface area contributed by atoms with Crippen molar-refractivity contribution in [1.82, 2.24) is 15.3 Å². The van der Waals surface area contributed by atoms with Gasteiger partial charge in [0.15, 0.2) is 0 Å². The maximum atomic E-state index is 5.38. The fraction of sp³-hybridized carbons (Fsp3) is 0.692. The van der Waals surface area contributed by atoms with Crippen LogP contribution in [0.3, 0.4) is 0 Å². The highest BCUT2D eigenvalue weighted by molar-refractivity contribution is 5.34. The van der Waals surface area contributed by atoms with Gasteiger partial charge in [-0.1, -0.05) is 0 Å². The summed E-state index contributed by atoms with van der Waals surface area (Å²) in [6, 6.07) is 0. The van der Waals surface area contributed by atoms with E-state index in [-0.39, 0.29) is 0 Å². The lowest BCUT2D eigenvalue weighted by Gasteiger charge is -2.27. The van der Waals surface area contributed by atoms with Gasteiger partial charge in [0.05, 0.1) is 18.1 Å². The van der Waals surface area contributed by atoms with Crippen LogP contribution in [0, 0.1) is 5.92 Å². The van der Waals surface area contributed by atoms with Crippen LogP contribution in [-0.4, -0.2) is 43.8 Å². The lowest BCUT2D eigenvalue weighted by atomic mass is 10.00. The number of aromatic nitrogens is 2. The predicted octanol–water partition coefficient (Wildman–Crippen LogP) is 1.06. The first-order valence-corrected chi connectivity index (χ1v) is 6.54. The van der Waals surface area contributed by atoms with Crippen molar-refractivity contribution in [2.45, 2.75) is 19.4 Å². The van der Waals surface area contributed by atoms with Crippen LogP contribution >= 0.6 is 0 Å². The number of anilines is 1. The molecule has 1 aromatic heterocycles. The third-order valence-electron chi connectivity index (χ3n) is 3.31. The molecule has 1 N–H and O–H groups in total. The van der Waals surface area contributed by atoms with E-state index < -0.39 is 0 Å². The molecule has 1 fully saturated rings. The van der Waals surface area contributed by atoms with Crippen molar-refractivity contribution in [2.75, 3.05) is 38.8 Å². The van der Waals surface area contributed by atoms with Crippen molar-refractivity contribution in [3.8, 4) is 0 Å². The number of hydrogen-bond acceptors (Lipinski definition) is 5. The Morgan fingerprint density at radius 2 is 2.11 bits per heavy atom. The number of ether oxygens (including phenoxy) is 1.